The van der Waals surface area contributed by atoms with E-state index in [0.29, 0.717) is 12.6 Å². The van der Waals surface area contributed by atoms with Crippen LogP contribution in [0, 0.1) is 0 Å². The molecule has 3 aromatic carbocycles. The molecule has 0 aliphatic carbocycles. The summed E-state index contributed by atoms with van der Waals surface area (Å²) in [5, 5.41) is 3.26. The minimum atomic E-state index is -0.277. The molecule has 1 aliphatic heterocycles. The van der Waals surface area contributed by atoms with Gasteiger partial charge in [0.1, 0.15) is 0 Å². The molecular weight excluding hydrogens is 356 g/mol. The molecule has 0 radical (unpaired) electrons. The highest BCUT2D eigenvalue weighted by molar-refractivity contribution is 5.87. The quantitative estimate of drug-likeness (QED) is 0.646. The lowest BCUT2D eigenvalue weighted by atomic mass is 9.90. The average molecular weight is 385 g/mol. The Kier molecular flexibility index (Phi) is 6.38. The van der Waals surface area contributed by atoms with Crippen LogP contribution >= 0.6 is 0 Å². The summed E-state index contributed by atoms with van der Waals surface area (Å²) in [6, 6.07) is 31.1. The third kappa shape index (κ3) is 4.93. The van der Waals surface area contributed by atoms with E-state index in [1.165, 1.54) is 12.0 Å². The van der Waals surface area contributed by atoms with Gasteiger partial charge >= 0.3 is 0 Å². The molecule has 3 heteroatoms. The molecule has 0 saturated carbocycles. The molecular formula is C26H28N2O. The molecule has 1 unspecified atom stereocenters. The Bertz CT molecular complexity index is 856. The minimum absolute atomic E-state index is 0.0777. The van der Waals surface area contributed by atoms with E-state index < -0.39 is 0 Å². The number of hydrogen-bond acceptors (Lipinski definition) is 2. The Morgan fingerprint density at radius 1 is 0.862 bits per heavy atom. The molecule has 0 aromatic heterocycles. The number of hydrogen-bond donors (Lipinski definition) is 1. The highest BCUT2D eigenvalue weighted by Gasteiger charge is 2.27. The summed E-state index contributed by atoms with van der Waals surface area (Å²) in [6.07, 6.45) is 2.32. The second-order valence-corrected chi connectivity index (χ2v) is 7.75. The fourth-order valence-electron chi connectivity index (χ4n) is 4.26. The van der Waals surface area contributed by atoms with E-state index in [4.69, 9.17) is 0 Å². The summed E-state index contributed by atoms with van der Waals surface area (Å²) in [6.45, 7) is 2.74. The molecule has 0 bridgehead atoms. The van der Waals surface area contributed by atoms with E-state index >= 15 is 0 Å². The zero-order valence-electron chi connectivity index (χ0n) is 16.7. The fourth-order valence-corrected chi connectivity index (χ4v) is 4.26. The van der Waals surface area contributed by atoms with Crippen molar-refractivity contribution in [2.45, 2.75) is 31.3 Å². The van der Waals surface area contributed by atoms with Gasteiger partial charge < -0.3 is 5.32 Å². The maximum atomic E-state index is 13.2. The van der Waals surface area contributed by atoms with Crippen molar-refractivity contribution >= 4 is 5.91 Å². The van der Waals surface area contributed by atoms with E-state index in [0.717, 1.165) is 30.6 Å². The Labute approximate surface area is 173 Å². The molecule has 3 nitrogen and oxygen atoms in total. The molecule has 1 atom stereocenters. The van der Waals surface area contributed by atoms with Gasteiger partial charge in [0, 0.05) is 19.1 Å². The SMILES string of the molecule is O=C(NCC1CCCN1Cc1ccccc1)C(c1ccccc1)c1ccccc1. The van der Waals surface area contributed by atoms with Crippen LogP contribution in [0.3, 0.4) is 0 Å². The Balaban J connectivity index is 1.44. The van der Waals surface area contributed by atoms with E-state index in [-0.39, 0.29) is 11.8 Å². The molecule has 1 heterocycles. The number of nitrogens with zero attached hydrogens (tertiary/aromatic N) is 1. The van der Waals surface area contributed by atoms with Gasteiger partial charge in [0.25, 0.3) is 0 Å². The van der Waals surface area contributed by atoms with Gasteiger partial charge in [0.15, 0.2) is 0 Å². The molecule has 148 valence electrons. The van der Waals surface area contributed by atoms with Crippen molar-refractivity contribution in [1.82, 2.24) is 10.2 Å². The molecule has 1 amide bonds. The smallest absolute Gasteiger partial charge is 0.232 e. The predicted octanol–water partition coefficient (Wildman–Crippen LogP) is 4.60. The Morgan fingerprint density at radius 3 is 2.00 bits per heavy atom. The van der Waals surface area contributed by atoms with Gasteiger partial charge in [-0.2, -0.15) is 0 Å². The number of carbonyl (C=O) groups is 1. The van der Waals surface area contributed by atoms with Gasteiger partial charge in [-0.05, 0) is 36.1 Å². The van der Waals surface area contributed by atoms with Crippen LogP contribution in [0.15, 0.2) is 91.0 Å². The van der Waals surface area contributed by atoms with Gasteiger partial charge in [-0.3, -0.25) is 9.69 Å². The lowest BCUT2D eigenvalue weighted by Crippen LogP contribution is -2.41. The van der Waals surface area contributed by atoms with Gasteiger partial charge in [-0.1, -0.05) is 91.0 Å². The third-order valence-electron chi connectivity index (χ3n) is 5.77. The summed E-state index contributed by atoms with van der Waals surface area (Å²) in [5.41, 5.74) is 3.39. The van der Waals surface area contributed by atoms with Crippen molar-refractivity contribution in [3.05, 3.63) is 108 Å². The minimum Gasteiger partial charge on any atom is -0.354 e. The van der Waals surface area contributed by atoms with E-state index in [2.05, 4.69) is 40.5 Å². The molecule has 4 rings (SSSR count). The predicted molar refractivity (Wildman–Crippen MR) is 118 cm³/mol. The molecule has 29 heavy (non-hydrogen) atoms. The topological polar surface area (TPSA) is 32.3 Å². The van der Waals surface area contributed by atoms with Crippen molar-refractivity contribution in [3.8, 4) is 0 Å². The zero-order valence-corrected chi connectivity index (χ0v) is 16.7. The first-order valence-corrected chi connectivity index (χ1v) is 10.5. The van der Waals surface area contributed by atoms with E-state index in [1.54, 1.807) is 0 Å². The second-order valence-electron chi connectivity index (χ2n) is 7.75. The Morgan fingerprint density at radius 2 is 1.41 bits per heavy atom. The lowest BCUT2D eigenvalue weighted by Gasteiger charge is -2.26. The molecule has 0 spiro atoms. The van der Waals surface area contributed by atoms with Crippen molar-refractivity contribution in [1.29, 1.82) is 0 Å². The first-order chi connectivity index (χ1) is 14.3. The van der Waals surface area contributed by atoms with E-state index in [1.807, 2.05) is 60.7 Å². The van der Waals surface area contributed by atoms with Crippen LogP contribution < -0.4 is 5.32 Å². The number of carbonyl (C=O) groups excluding carboxylic acids is 1. The highest BCUT2D eigenvalue weighted by Crippen LogP contribution is 2.25. The van der Waals surface area contributed by atoms with Gasteiger partial charge in [0.05, 0.1) is 5.92 Å². The van der Waals surface area contributed by atoms with Crippen molar-refractivity contribution in [2.75, 3.05) is 13.1 Å². The maximum Gasteiger partial charge on any atom is 0.232 e. The van der Waals surface area contributed by atoms with Crippen LogP contribution in [-0.2, 0) is 11.3 Å². The monoisotopic (exact) mass is 384 g/mol. The van der Waals surface area contributed by atoms with Crippen LogP contribution in [0.4, 0.5) is 0 Å². The lowest BCUT2D eigenvalue weighted by molar-refractivity contribution is -0.121. The average Bonchev–Trinajstić information content (AvgIpc) is 3.21. The van der Waals surface area contributed by atoms with E-state index in [9.17, 15) is 4.79 Å². The largest absolute Gasteiger partial charge is 0.354 e. The van der Waals surface area contributed by atoms with Crippen molar-refractivity contribution in [2.24, 2.45) is 0 Å². The number of likely N-dealkylation sites (tertiary alicyclic amines) is 1. The molecule has 1 aliphatic rings. The van der Waals surface area contributed by atoms with Crippen LogP contribution in [0.25, 0.3) is 0 Å². The molecule has 1 fully saturated rings. The maximum absolute atomic E-state index is 13.2. The fraction of sp³-hybridized carbons (Fsp3) is 0.269. The van der Waals surface area contributed by atoms with Crippen molar-refractivity contribution < 1.29 is 4.79 Å². The summed E-state index contributed by atoms with van der Waals surface area (Å²) in [4.78, 5) is 15.7. The van der Waals surface area contributed by atoms with Crippen LogP contribution in [-0.4, -0.2) is 29.9 Å². The first kappa shape index (κ1) is 19.4. The summed E-state index contributed by atoms with van der Waals surface area (Å²) >= 11 is 0. The standard InChI is InChI=1S/C26H28N2O/c29-26(25(22-13-6-2-7-14-22)23-15-8-3-9-16-23)27-19-24-17-10-18-28(24)20-21-11-4-1-5-12-21/h1-9,11-16,24-25H,10,17-20H2,(H,27,29). The first-order valence-electron chi connectivity index (χ1n) is 10.5. The van der Waals surface area contributed by atoms with Crippen LogP contribution in [0.1, 0.15) is 35.4 Å². The summed E-state index contributed by atoms with van der Waals surface area (Å²) in [5.74, 6) is -0.199. The second kappa shape index (κ2) is 9.53. The van der Waals surface area contributed by atoms with Gasteiger partial charge in [-0.15, -0.1) is 0 Å². The van der Waals surface area contributed by atoms with Gasteiger partial charge in [-0.25, -0.2) is 0 Å². The summed E-state index contributed by atoms with van der Waals surface area (Å²) < 4.78 is 0. The Hall–Kier alpha value is -2.91. The van der Waals surface area contributed by atoms with Crippen LogP contribution in [0.5, 0.6) is 0 Å². The molecule has 3 aromatic rings. The molecule has 1 N–H and O–H groups in total. The highest BCUT2D eigenvalue weighted by atomic mass is 16.1. The molecule has 1 saturated heterocycles. The number of nitrogens with one attached hydrogen (secondary N) is 1. The normalized spacial score (nSPS) is 16.8. The van der Waals surface area contributed by atoms with Crippen LogP contribution in [0.2, 0.25) is 0 Å². The zero-order chi connectivity index (χ0) is 19.9. The van der Waals surface area contributed by atoms with Gasteiger partial charge in [0.2, 0.25) is 5.91 Å². The third-order valence-corrected chi connectivity index (χ3v) is 5.77. The summed E-state index contributed by atoms with van der Waals surface area (Å²) in [7, 11) is 0. The number of rotatable bonds is 7. The van der Waals surface area contributed by atoms with Crippen molar-refractivity contribution in [3.63, 3.8) is 0 Å². The number of benzene rings is 3. The number of amides is 1.